The number of anilines is 1. The van der Waals surface area contributed by atoms with Gasteiger partial charge >= 0.3 is 10.5 Å². The molecule has 11 nitrogen and oxygen atoms in total. The van der Waals surface area contributed by atoms with Crippen LogP contribution >= 0.6 is 0 Å². The molecule has 0 aliphatic heterocycles. The van der Waals surface area contributed by atoms with Crippen LogP contribution in [0.1, 0.15) is 41.4 Å². The van der Waals surface area contributed by atoms with E-state index in [-0.39, 0.29) is 33.6 Å². The monoisotopic (exact) mass is 604 g/mol. The molecule has 210 valence electrons. The number of unbranched alkanes of at least 4 members (excludes halogenated alkanes) is 1. The van der Waals surface area contributed by atoms with Crippen LogP contribution in [0.5, 0.6) is 0 Å². The topological polar surface area (TPSA) is 177 Å². The molecular weight excluding hydrogens is 580 g/mol. The zero-order valence-corrected chi connectivity index (χ0v) is 23.7. The normalized spacial score (nSPS) is 11.9. The number of rotatable bonds is 10. The van der Waals surface area contributed by atoms with Gasteiger partial charge in [0.2, 0.25) is 10.0 Å². The van der Waals surface area contributed by atoms with Crippen molar-refractivity contribution in [1.82, 2.24) is 0 Å². The van der Waals surface area contributed by atoms with Gasteiger partial charge < -0.3 is 4.42 Å². The molecule has 1 heterocycles. The Kier molecular flexibility index (Phi) is 8.25. The molecule has 0 radical (unpaired) electrons. The van der Waals surface area contributed by atoms with Gasteiger partial charge in [-0.25, -0.2) is 8.42 Å². The Bertz CT molecular complexity index is 1970. The summed E-state index contributed by atoms with van der Waals surface area (Å²) in [6, 6.07) is 13.9. The zero-order chi connectivity index (χ0) is 29.2. The number of hydrogen-bond acceptors (Lipinski definition) is 9. The first-order valence-corrected chi connectivity index (χ1v) is 16.2. The fourth-order valence-electron chi connectivity index (χ4n) is 4.25. The Labute approximate surface area is 232 Å². The third-order valence-electron chi connectivity index (χ3n) is 5.93. The highest BCUT2D eigenvalue weighted by atomic mass is 32.2. The van der Waals surface area contributed by atoms with Crippen LogP contribution < -0.4 is 4.72 Å². The summed E-state index contributed by atoms with van der Waals surface area (Å²) in [5.74, 6) is 0.0597. The molecule has 14 heteroatoms. The molecule has 0 unspecified atom stereocenters. The Morgan fingerprint density at radius 3 is 2.30 bits per heavy atom. The second-order valence-electron chi connectivity index (χ2n) is 8.96. The van der Waals surface area contributed by atoms with Gasteiger partial charge in [0, 0.05) is 28.6 Å². The van der Waals surface area contributed by atoms with E-state index in [1.54, 1.807) is 6.07 Å². The summed E-state index contributed by atoms with van der Waals surface area (Å²) in [6.45, 7) is 1.99. The molecule has 0 aliphatic rings. The number of nitrogens with zero attached hydrogens (tertiary/aromatic N) is 1. The number of nitrogens with one attached hydrogen (secondary N) is 1. The summed E-state index contributed by atoms with van der Waals surface area (Å²) in [5.41, 5.74) is 1.41. The summed E-state index contributed by atoms with van der Waals surface area (Å²) in [7, 11) is -11.0. The van der Waals surface area contributed by atoms with E-state index in [2.05, 4.69) is 9.08 Å². The van der Waals surface area contributed by atoms with Gasteiger partial charge in [0.25, 0.3) is 10.1 Å². The Hall–Kier alpha value is -3.85. The van der Waals surface area contributed by atoms with Crippen molar-refractivity contribution in [1.29, 1.82) is 0 Å². The first kappa shape index (κ1) is 29.1. The van der Waals surface area contributed by atoms with Gasteiger partial charge in [-0.2, -0.15) is 16.8 Å². The fourth-order valence-corrected chi connectivity index (χ4v) is 5.78. The maximum atomic E-state index is 13.7. The van der Waals surface area contributed by atoms with Crippen molar-refractivity contribution in [2.24, 2.45) is 4.36 Å². The van der Waals surface area contributed by atoms with Crippen molar-refractivity contribution in [3.8, 4) is 11.1 Å². The molecule has 0 bridgehead atoms. The van der Waals surface area contributed by atoms with E-state index in [0.717, 1.165) is 31.2 Å². The molecule has 3 aromatic carbocycles. The van der Waals surface area contributed by atoms with E-state index in [4.69, 9.17) is 4.42 Å². The Balaban J connectivity index is 1.81. The third kappa shape index (κ3) is 6.65. The summed E-state index contributed by atoms with van der Waals surface area (Å²) in [5, 5.41) is 0.433. The molecule has 0 fully saturated rings. The summed E-state index contributed by atoms with van der Waals surface area (Å²) in [6.07, 6.45) is 3.10. The van der Waals surface area contributed by atoms with Crippen LogP contribution in [0.15, 0.2) is 74.3 Å². The lowest BCUT2D eigenvalue weighted by atomic mass is 9.96. The van der Waals surface area contributed by atoms with Crippen LogP contribution in [-0.2, 0) is 37.1 Å². The van der Waals surface area contributed by atoms with Gasteiger partial charge in [-0.3, -0.25) is 14.1 Å². The minimum absolute atomic E-state index is 0.0120. The van der Waals surface area contributed by atoms with Crippen LogP contribution in [0.25, 0.3) is 22.1 Å². The van der Waals surface area contributed by atoms with Crippen molar-refractivity contribution < 1.29 is 39.0 Å². The highest BCUT2D eigenvalue weighted by Gasteiger charge is 2.23. The third-order valence-corrected chi connectivity index (χ3v) is 7.81. The maximum Gasteiger partial charge on any atom is 0.316 e. The summed E-state index contributed by atoms with van der Waals surface area (Å²) < 4.78 is 90.8. The maximum absolute atomic E-state index is 13.7. The van der Waals surface area contributed by atoms with Gasteiger partial charge in [-0.1, -0.05) is 37.6 Å². The molecule has 0 saturated heterocycles. The number of sulfonamides is 1. The van der Waals surface area contributed by atoms with Crippen LogP contribution in [0.2, 0.25) is 0 Å². The average Bonchev–Trinajstić information content (AvgIpc) is 3.22. The highest BCUT2D eigenvalue weighted by molar-refractivity contribution is 7.92. The average molecular weight is 605 g/mol. The number of fused-ring (bicyclic) bond motifs is 1. The Morgan fingerprint density at radius 2 is 1.70 bits per heavy atom. The van der Waals surface area contributed by atoms with Gasteiger partial charge in [0.15, 0.2) is 5.78 Å². The molecule has 0 amide bonds. The van der Waals surface area contributed by atoms with Crippen LogP contribution in [0.3, 0.4) is 0 Å². The van der Waals surface area contributed by atoms with Gasteiger partial charge in [0.05, 0.1) is 17.5 Å². The van der Waals surface area contributed by atoms with Crippen LogP contribution in [0, 0.1) is 0 Å². The lowest BCUT2D eigenvalue weighted by Gasteiger charge is -2.09. The van der Waals surface area contributed by atoms with Gasteiger partial charge in [-0.05, 0) is 48.4 Å². The SMILES string of the molecule is CCCCc1oc2ccc(NS(C)(=O)=O)cc2c1C(=O)c1ccc(-c2cc(N=S(=O)=O)ccc2S(=O)(=O)O)cc1. The number of carbonyl (C=O) groups is 1. The second-order valence-corrected chi connectivity index (χ2v) is 12.7. The molecule has 0 spiro atoms. The standard InChI is InChI=1S/C26H24N2O9S3/c1-3-4-5-23-25(21-15-19(28-39(2,32)33)10-12-22(21)37-23)26(29)17-8-6-16(7-9-17)20-14-18(27-38(30)31)11-13-24(20)40(34,35)36/h6-15,28H,3-5H2,1-2H3,(H,34,35,36). The van der Waals surface area contributed by atoms with E-state index in [9.17, 15) is 34.6 Å². The molecule has 4 aromatic rings. The number of benzene rings is 3. The number of carbonyl (C=O) groups excluding carboxylic acids is 1. The molecule has 4 rings (SSSR count). The van der Waals surface area contributed by atoms with Gasteiger partial charge in [-0.15, -0.1) is 4.36 Å². The van der Waals surface area contributed by atoms with E-state index >= 15 is 0 Å². The molecule has 40 heavy (non-hydrogen) atoms. The molecule has 0 saturated carbocycles. The van der Waals surface area contributed by atoms with Crippen molar-refractivity contribution in [2.75, 3.05) is 11.0 Å². The quantitative estimate of drug-likeness (QED) is 0.186. The van der Waals surface area contributed by atoms with Crippen molar-refractivity contribution >= 4 is 58.8 Å². The largest absolute Gasteiger partial charge is 0.460 e. The number of furan rings is 1. The number of ketones is 1. The van der Waals surface area contributed by atoms with E-state index in [1.807, 2.05) is 6.92 Å². The predicted molar refractivity (Wildman–Crippen MR) is 149 cm³/mol. The molecular formula is C26H24N2O9S3. The lowest BCUT2D eigenvalue weighted by Crippen LogP contribution is -2.09. The number of hydrogen-bond donors (Lipinski definition) is 2. The molecule has 0 aliphatic carbocycles. The van der Waals surface area contributed by atoms with Crippen LogP contribution in [-0.4, -0.2) is 41.8 Å². The fraction of sp³-hybridized carbons (Fsp3) is 0.192. The molecule has 0 atom stereocenters. The van der Waals surface area contributed by atoms with E-state index < -0.39 is 41.3 Å². The van der Waals surface area contributed by atoms with E-state index in [0.29, 0.717) is 23.2 Å². The highest BCUT2D eigenvalue weighted by Crippen LogP contribution is 2.34. The van der Waals surface area contributed by atoms with Crippen LogP contribution in [0.4, 0.5) is 11.4 Å². The minimum atomic E-state index is -4.67. The Morgan fingerprint density at radius 1 is 1.00 bits per heavy atom. The minimum Gasteiger partial charge on any atom is -0.460 e. The summed E-state index contributed by atoms with van der Waals surface area (Å²) >= 11 is 0. The van der Waals surface area contributed by atoms with Crippen molar-refractivity contribution in [3.05, 3.63) is 77.6 Å². The number of aryl methyl sites for hydroxylation is 1. The molecule has 2 N–H and O–H groups in total. The van der Waals surface area contributed by atoms with Crippen molar-refractivity contribution in [3.63, 3.8) is 0 Å². The zero-order valence-electron chi connectivity index (χ0n) is 21.3. The lowest BCUT2D eigenvalue weighted by molar-refractivity contribution is 0.103. The predicted octanol–water partition coefficient (Wildman–Crippen LogP) is 4.99. The van der Waals surface area contributed by atoms with Crippen molar-refractivity contribution in [2.45, 2.75) is 31.1 Å². The van der Waals surface area contributed by atoms with E-state index in [1.165, 1.54) is 42.5 Å². The first-order chi connectivity index (χ1) is 18.8. The molecule has 1 aromatic heterocycles. The smallest absolute Gasteiger partial charge is 0.316 e. The first-order valence-electron chi connectivity index (χ1n) is 11.9. The second kappa shape index (κ2) is 11.3. The van der Waals surface area contributed by atoms with Gasteiger partial charge in [0.1, 0.15) is 16.2 Å². The summed E-state index contributed by atoms with van der Waals surface area (Å²) in [4.78, 5) is 13.3.